The average molecular weight is 263 g/mol. The van der Waals surface area contributed by atoms with Crippen LogP contribution in [-0.4, -0.2) is 25.5 Å². The molecule has 2 bridgehead atoms. The van der Waals surface area contributed by atoms with Crippen molar-refractivity contribution in [3.05, 3.63) is 29.6 Å². The number of ketones is 1. The summed E-state index contributed by atoms with van der Waals surface area (Å²) in [5, 5.41) is 0.529. The molecule has 4 heteroatoms. The number of hydrogen-bond acceptors (Lipinski definition) is 3. The second kappa shape index (κ2) is 4.57. The second-order valence-corrected chi connectivity index (χ2v) is 7.36. The maximum absolute atomic E-state index is 12.5. The lowest BCUT2D eigenvalue weighted by Crippen LogP contribution is -2.32. The highest BCUT2D eigenvalue weighted by Gasteiger charge is 2.42. The highest BCUT2D eigenvalue weighted by molar-refractivity contribution is 7.86. The smallest absolute Gasteiger partial charge is 0.166 e. The summed E-state index contributed by atoms with van der Waals surface area (Å²) in [5.41, 5.74) is 1.64. The maximum atomic E-state index is 12.5. The predicted octanol–water partition coefficient (Wildman–Crippen LogP) is 2.26. The number of pyridine rings is 1. The molecule has 2 atom stereocenters. The van der Waals surface area contributed by atoms with Crippen molar-refractivity contribution in [1.29, 1.82) is 0 Å². The fourth-order valence-corrected chi connectivity index (χ4v) is 5.31. The van der Waals surface area contributed by atoms with Gasteiger partial charge in [-0.2, -0.15) is 0 Å². The molecule has 0 aromatic carbocycles. The molecule has 0 N–H and O–H groups in total. The second-order valence-electron chi connectivity index (χ2n) is 5.37. The van der Waals surface area contributed by atoms with Gasteiger partial charge in [0.25, 0.3) is 0 Å². The van der Waals surface area contributed by atoms with Gasteiger partial charge in [-0.25, -0.2) is 0 Å². The fourth-order valence-electron chi connectivity index (χ4n) is 3.18. The molecule has 3 heterocycles. The Hall–Kier alpha value is -1.03. The fraction of sp³-hybridized carbons (Fsp3) is 0.571. The molecule has 3 nitrogen and oxygen atoms in total. The quantitative estimate of drug-likeness (QED) is 0.769. The van der Waals surface area contributed by atoms with Crippen molar-refractivity contribution in [2.75, 3.05) is 0 Å². The Bertz CT molecular complexity index is 498. The van der Waals surface area contributed by atoms with Gasteiger partial charge in [-0.15, -0.1) is 0 Å². The van der Waals surface area contributed by atoms with Crippen LogP contribution in [-0.2, 0) is 10.8 Å². The number of aryl methyl sites for hydroxylation is 1. The summed E-state index contributed by atoms with van der Waals surface area (Å²) in [6.07, 6.45) is 5.39. The van der Waals surface area contributed by atoms with Crippen molar-refractivity contribution in [2.24, 2.45) is 5.92 Å². The van der Waals surface area contributed by atoms with Crippen molar-refractivity contribution in [2.45, 2.75) is 43.1 Å². The third-order valence-electron chi connectivity index (χ3n) is 4.11. The molecule has 2 aliphatic heterocycles. The molecule has 0 saturated carbocycles. The Morgan fingerprint density at radius 3 is 2.61 bits per heavy atom. The molecule has 1 aromatic rings. The molecule has 96 valence electrons. The first-order chi connectivity index (χ1) is 8.65. The molecule has 0 spiro atoms. The van der Waals surface area contributed by atoms with E-state index in [9.17, 15) is 9.00 Å². The lowest BCUT2D eigenvalue weighted by molar-refractivity contribution is 0.0906. The predicted molar refractivity (Wildman–Crippen MR) is 71.0 cm³/mol. The van der Waals surface area contributed by atoms with E-state index in [1.165, 1.54) is 0 Å². The van der Waals surface area contributed by atoms with Crippen molar-refractivity contribution in [1.82, 2.24) is 4.98 Å². The molecule has 0 amide bonds. The minimum atomic E-state index is -0.681. The SMILES string of the molecule is Cc1cc(C(=O)C2CC3CCC(C2)S3=O)ccn1. The topological polar surface area (TPSA) is 47.0 Å². The van der Waals surface area contributed by atoms with E-state index in [0.29, 0.717) is 0 Å². The zero-order valence-electron chi connectivity index (χ0n) is 10.5. The van der Waals surface area contributed by atoms with Crippen molar-refractivity contribution < 1.29 is 9.00 Å². The largest absolute Gasteiger partial charge is 0.294 e. The summed E-state index contributed by atoms with van der Waals surface area (Å²) in [7, 11) is -0.681. The van der Waals surface area contributed by atoms with Gasteiger partial charge in [0.15, 0.2) is 5.78 Å². The molecular formula is C14H17NO2S. The first kappa shape index (κ1) is 12.0. The Morgan fingerprint density at radius 2 is 2.00 bits per heavy atom. The number of carbonyl (C=O) groups is 1. The monoisotopic (exact) mass is 263 g/mol. The van der Waals surface area contributed by atoms with Crippen LogP contribution in [0.1, 0.15) is 41.7 Å². The zero-order valence-corrected chi connectivity index (χ0v) is 11.3. The molecule has 2 saturated heterocycles. The number of nitrogens with zero attached hydrogens (tertiary/aromatic N) is 1. The van der Waals surface area contributed by atoms with Crippen molar-refractivity contribution in [3.63, 3.8) is 0 Å². The van der Waals surface area contributed by atoms with Crippen LogP contribution in [0.4, 0.5) is 0 Å². The van der Waals surface area contributed by atoms with E-state index in [0.717, 1.165) is 36.9 Å². The minimum Gasteiger partial charge on any atom is -0.294 e. The normalized spacial score (nSPS) is 34.5. The number of fused-ring (bicyclic) bond motifs is 2. The van der Waals surface area contributed by atoms with Crippen LogP contribution in [0.5, 0.6) is 0 Å². The van der Waals surface area contributed by atoms with E-state index in [4.69, 9.17) is 0 Å². The molecule has 18 heavy (non-hydrogen) atoms. The van der Waals surface area contributed by atoms with E-state index in [1.807, 2.05) is 13.0 Å². The first-order valence-corrected chi connectivity index (χ1v) is 7.79. The molecular weight excluding hydrogens is 246 g/mol. The van der Waals surface area contributed by atoms with E-state index < -0.39 is 10.8 Å². The van der Waals surface area contributed by atoms with Crippen LogP contribution in [0.25, 0.3) is 0 Å². The Kier molecular flexibility index (Phi) is 3.06. The van der Waals surface area contributed by atoms with Crippen molar-refractivity contribution in [3.8, 4) is 0 Å². The molecule has 3 rings (SSSR count). The van der Waals surface area contributed by atoms with Gasteiger partial charge >= 0.3 is 0 Å². The van der Waals surface area contributed by atoms with E-state index in [1.54, 1.807) is 12.3 Å². The van der Waals surface area contributed by atoms with E-state index in [-0.39, 0.29) is 22.2 Å². The number of aromatic nitrogens is 1. The molecule has 2 aliphatic rings. The Balaban J connectivity index is 1.80. The number of rotatable bonds is 2. The third kappa shape index (κ3) is 2.03. The molecule has 0 aliphatic carbocycles. The number of hydrogen-bond donors (Lipinski definition) is 0. The molecule has 0 radical (unpaired) electrons. The third-order valence-corrected chi connectivity index (χ3v) is 6.28. The summed E-state index contributed by atoms with van der Waals surface area (Å²) in [6.45, 7) is 1.90. The van der Waals surface area contributed by atoms with Gasteiger partial charge in [-0.3, -0.25) is 14.0 Å². The Labute approximate surface area is 109 Å². The van der Waals surface area contributed by atoms with E-state index >= 15 is 0 Å². The maximum Gasteiger partial charge on any atom is 0.166 e. The molecule has 2 fully saturated rings. The van der Waals surface area contributed by atoms with Gasteiger partial charge in [0.05, 0.1) is 0 Å². The Morgan fingerprint density at radius 1 is 1.33 bits per heavy atom. The highest BCUT2D eigenvalue weighted by atomic mass is 32.2. The number of carbonyl (C=O) groups excluding carboxylic acids is 1. The van der Waals surface area contributed by atoms with Crippen LogP contribution in [0.2, 0.25) is 0 Å². The minimum absolute atomic E-state index is 0.0713. The number of Topliss-reactive ketones (excluding diaryl/α,β-unsaturated/α-hetero) is 1. The van der Waals surface area contributed by atoms with Crippen LogP contribution < -0.4 is 0 Å². The van der Waals surface area contributed by atoms with Crippen LogP contribution in [0.15, 0.2) is 18.3 Å². The molecule has 1 aromatic heterocycles. The average Bonchev–Trinajstić information content (AvgIpc) is 2.61. The van der Waals surface area contributed by atoms with Gasteiger partial charge in [-0.05, 0) is 44.7 Å². The van der Waals surface area contributed by atoms with Gasteiger partial charge in [0, 0.05) is 44.7 Å². The van der Waals surface area contributed by atoms with E-state index in [2.05, 4.69) is 4.98 Å². The van der Waals surface area contributed by atoms with Crippen LogP contribution in [0.3, 0.4) is 0 Å². The summed E-state index contributed by atoms with van der Waals surface area (Å²) in [4.78, 5) is 16.6. The van der Waals surface area contributed by atoms with Gasteiger partial charge in [0.1, 0.15) is 0 Å². The summed E-state index contributed by atoms with van der Waals surface area (Å²) in [5.74, 6) is 0.288. The van der Waals surface area contributed by atoms with Gasteiger partial charge in [0.2, 0.25) is 0 Å². The molecule has 2 unspecified atom stereocenters. The van der Waals surface area contributed by atoms with Gasteiger partial charge in [-0.1, -0.05) is 0 Å². The van der Waals surface area contributed by atoms with Crippen molar-refractivity contribution >= 4 is 16.6 Å². The summed E-state index contributed by atoms with van der Waals surface area (Å²) >= 11 is 0. The zero-order chi connectivity index (χ0) is 12.7. The van der Waals surface area contributed by atoms with Crippen LogP contribution in [0, 0.1) is 12.8 Å². The summed E-state index contributed by atoms with van der Waals surface area (Å²) < 4.78 is 11.9. The lowest BCUT2D eigenvalue weighted by atomic mass is 9.90. The summed E-state index contributed by atoms with van der Waals surface area (Å²) in [6, 6.07) is 3.65. The van der Waals surface area contributed by atoms with Crippen LogP contribution >= 0.6 is 0 Å². The highest BCUT2D eigenvalue weighted by Crippen LogP contribution is 2.39. The van der Waals surface area contributed by atoms with Gasteiger partial charge < -0.3 is 0 Å². The lowest BCUT2D eigenvalue weighted by Gasteiger charge is -2.26. The standard InChI is InChI=1S/C14H17NO2S/c1-9-6-10(4-5-15-9)14(16)11-7-12-2-3-13(8-11)18(12)17/h4-6,11-13H,2-3,7-8H2,1H3. The first-order valence-electron chi connectivity index (χ1n) is 6.51.